The van der Waals surface area contributed by atoms with Crippen molar-refractivity contribution in [3.05, 3.63) is 29.8 Å². The Hall–Kier alpha value is -1.26. The van der Waals surface area contributed by atoms with Crippen molar-refractivity contribution in [2.75, 3.05) is 0 Å². The summed E-state index contributed by atoms with van der Waals surface area (Å²) >= 11 is 0. The first-order chi connectivity index (χ1) is 7.70. The van der Waals surface area contributed by atoms with Crippen LogP contribution in [0.4, 0.5) is 0 Å². The molecule has 0 atom stereocenters. The summed E-state index contributed by atoms with van der Waals surface area (Å²) in [6.45, 7) is 2.16. The van der Waals surface area contributed by atoms with Crippen LogP contribution in [0, 0.1) is 0 Å². The van der Waals surface area contributed by atoms with Gasteiger partial charge in [-0.2, -0.15) is 0 Å². The molecule has 2 aromatic rings. The Morgan fingerprint density at radius 2 is 2.06 bits per heavy atom. The Morgan fingerprint density at radius 3 is 2.75 bits per heavy atom. The molecule has 0 saturated heterocycles. The van der Waals surface area contributed by atoms with Crippen molar-refractivity contribution in [3.8, 4) is 0 Å². The van der Waals surface area contributed by atoms with Gasteiger partial charge in [0.05, 0.1) is 0 Å². The zero-order valence-corrected chi connectivity index (χ0v) is 9.31. The van der Waals surface area contributed by atoms with Crippen molar-refractivity contribution in [2.24, 2.45) is 0 Å². The van der Waals surface area contributed by atoms with Crippen molar-refractivity contribution in [1.29, 1.82) is 0 Å². The van der Waals surface area contributed by atoms with Crippen LogP contribution in [0.2, 0.25) is 0 Å². The maximum absolute atomic E-state index is 9.00. The molecular formula is C12H15BO3. The maximum Gasteiger partial charge on any atom is 0.526 e. The summed E-state index contributed by atoms with van der Waals surface area (Å²) < 4.78 is 5.29. The van der Waals surface area contributed by atoms with Crippen LogP contribution in [-0.2, 0) is 6.42 Å². The molecule has 0 aliphatic rings. The highest BCUT2D eigenvalue weighted by Gasteiger charge is 2.16. The lowest BCUT2D eigenvalue weighted by atomic mass is 9.88. The molecule has 2 rings (SSSR count). The Labute approximate surface area is 94.8 Å². The quantitative estimate of drug-likeness (QED) is 0.763. The van der Waals surface area contributed by atoms with Crippen molar-refractivity contribution in [1.82, 2.24) is 0 Å². The number of unbranched alkanes of at least 4 members (excludes halogenated alkanes) is 1. The van der Waals surface area contributed by atoms with Crippen LogP contribution in [-0.4, -0.2) is 17.2 Å². The predicted octanol–water partition coefficient (Wildman–Crippen LogP) is 1.46. The average Bonchev–Trinajstić information content (AvgIpc) is 2.69. The Morgan fingerprint density at radius 1 is 1.25 bits per heavy atom. The van der Waals surface area contributed by atoms with Gasteiger partial charge in [-0.15, -0.1) is 0 Å². The van der Waals surface area contributed by atoms with Gasteiger partial charge in [0.15, 0.2) is 0 Å². The molecule has 84 valence electrons. The monoisotopic (exact) mass is 218 g/mol. The Balaban J connectivity index is 2.30. The van der Waals surface area contributed by atoms with E-state index >= 15 is 0 Å². The highest BCUT2D eigenvalue weighted by molar-refractivity contribution is 6.57. The van der Waals surface area contributed by atoms with E-state index in [1.807, 2.05) is 18.2 Å². The molecular weight excluding hydrogens is 203 g/mol. The van der Waals surface area contributed by atoms with Crippen molar-refractivity contribution in [2.45, 2.75) is 26.2 Å². The van der Waals surface area contributed by atoms with Gasteiger partial charge in [0.1, 0.15) is 11.2 Å². The van der Waals surface area contributed by atoms with E-state index in [-0.39, 0.29) is 5.66 Å². The van der Waals surface area contributed by atoms with Crippen molar-refractivity contribution in [3.63, 3.8) is 0 Å². The molecule has 1 aromatic heterocycles. The zero-order chi connectivity index (χ0) is 11.5. The average molecular weight is 218 g/mol. The van der Waals surface area contributed by atoms with Crippen LogP contribution in [0.5, 0.6) is 0 Å². The molecule has 0 saturated carbocycles. The molecule has 0 aliphatic carbocycles. The molecule has 0 radical (unpaired) electrons. The van der Waals surface area contributed by atoms with Crippen LogP contribution in [0.3, 0.4) is 0 Å². The third-order valence-electron chi connectivity index (χ3n) is 2.67. The van der Waals surface area contributed by atoms with E-state index in [4.69, 9.17) is 14.5 Å². The molecule has 0 fully saturated rings. The van der Waals surface area contributed by atoms with E-state index in [2.05, 4.69) is 6.92 Å². The first-order valence-corrected chi connectivity index (χ1v) is 5.59. The lowest BCUT2D eigenvalue weighted by molar-refractivity contribution is 0.412. The minimum absolute atomic E-state index is 0.197. The summed E-state index contributed by atoms with van der Waals surface area (Å²) in [5.41, 5.74) is 2.15. The van der Waals surface area contributed by atoms with E-state index in [0.717, 1.165) is 11.8 Å². The zero-order valence-electron chi connectivity index (χ0n) is 9.31. The fraction of sp³-hybridized carbons (Fsp3) is 0.333. The minimum Gasteiger partial charge on any atom is -0.465 e. The summed E-state index contributed by atoms with van der Waals surface area (Å²) in [4.78, 5) is 0. The number of hydrogen-bond donors (Lipinski definition) is 2. The molecule has 0 bridgehead atoms. The molecule has 1 aromatic carbocycles. The van der Waals surface area contributed by atoms with Crippen molar-refractivity contribution >= 4 is 23.7 Å². The van der Waals surface area contributed by atoms with Gasteiger partial charge in [-0.1, -0.05) is 19.4 Å². The first-order valence-electron chi connectivity index (χ1n) is 5.59. The summed E-state index contributed by atoms with van der Waals surface area (Å²) in [6.07, 6.45) is 3.39. The maximum atomic E-state index is 9.00. The summed E-state index contributed by atoms with van der Waals surface area (Å²) in [7, 11) is -1.54. The van der Waals surface area contributed by atoms with Crippen LogP contribution in [0.15, 0.2) is 28.7 Å². The third kappa shape index (κ3) is 2.28. The number of fused-ring (bicyclic) bond motifs is 1. The number of hydrogen-bond acceptors (Lipinski definition) is 3. The lowest BCUT2D eigenvalue weighted by Gasteiger charge is -1.98. The van der Waals surface area contributed by atoms with E-state index < -0.39 is 7.12 Å². The molecule has 1 heterocycles. The SMILES string of the molecule is CCCCc1ccc2oc(B(O)O)cc2c1. The van der Waals surface area contributed by atoms with Gasteiger partial charge in [-0.05, 0) is 36.6 Å². The van der Waals surface area contributed by atoms with Crippen LogP contribution in [0.25, 0.3) is 11.0 Å². The van der Waals surface area contributed by atoms with Crippen molar-refractivity contribution < 1.29 is 14.5 Å². The van der Waals surface area contributed by atoms with Crippen LogP contribution >= 0.6 is 0 Å². The fourth-order valence-electron chi connectivity index (χ4n) is 1.78. The smallest absolute Gasteiger partial charge is 0.465 e. The number of furan rings is 1. The van der Waals surface area contributed by atoms with Gasteiger partial charge in [0, 0.05) is 5.39 Å². The van der Waals surface area contributed by atoms with Crippen LogP contribution in [0.1, 0.15) is 25.3 Å². The van der Waals surface area contributed by atoms with Gasteiger partial charge < -0.3 is 14.5 Å². The van der Waals surface area contributed by atoms with Gasteiger partial charge >= 0.3 is 7.12 Å². The number of rotatable bonds is 4. The number of benzene rings is 1. The summed E-state index contributed by atoms with van der Waals surface area (Å²) in [6, 6.07) is 7.62. The van der Waals surface area contributed by atoms with Gasteiger partial charge in [-0.25, -0.2) is 0 Å². The predicted molar refractivity (Wildman–Crippen MR) is 64.7 cm³/mol. The van der Waals surface area contributed by atoms with Gasteiger partial charge in [0.25, 0.3) is 0 Å². The van der Waals surface area contributed by atoms with Gasteiger partial charge in [0.2, 0.25) is 0 Å². The largest absolute Gasteiger partial charge is 0.526 e. The summed E-state index contributed by atoms with van der Waals surface area (Å²) in [5.74, 6) is 0. The molecule has 0 aliphatic heterocycles. The summed E-state index contributed by atoms with van der Waals surface area (Å²) in [5, 5.41) is 18.9. The lowest BCUT2D eigenvalue weighted by Crippen LogP contribution is -2.27. The molecule has 4 heteroatoms. The minimum atomic E-state index is -1.54. The molecule has 0 unspecified atom stereocenters. The Kier molecular flexibility index (Phi) is 3.32. The topological polar surface area (TPSA) is 53.6 Å². The van der Waals surface area contributed by atoms with Crippen LogP contribution < -0.4 is 5.66 Å². The highest BCUT2D eigenvalue weighted by Crippen LogP contribution is 2.17. The van der Waals surface area contributed by atoms with Gasteiger partial charge in [-0.3, -0.25) is 0 Å². The fourth-order valence-corrected chi connectivity index (χ4v) is 1.78. The van der Waals surface area contributed by atoms with E-state index in [1.54, 1.807) is 6.07 Å². The molecule has 3 nitrogen and oxygen atoms in total. The Bertz CT molecular complexity index is 476. The van der Waals surface area contributed by atoms with E-state index in [1.165, 1.54) is 18.4 Å². The normalized spacial score (nSPS) is 10.9. The molecule has 2 N–H and O–H groups in total. The van der Waals surface area contributed by atoms with E-state index in [0.29, 0.717) is 5.58 Å². The first kappa shape index (κ1) is 11.2. The highest BCUT2D eigenvalue weighted by atomic mass is 16.4. The second-order valence-electron chi connectivity index (χ2n) is 4.00. The molecule has 0 amide bonds. The number of aryl methyl sites for hydroxylation is 1. The standard InChI is InChI=1S/C12H15BO3/c1-2-3-4-9-5-6-11-10(7-9)8-12(16-11)13(14)15/h5-8,14-15H,2-4H2,1H3. The third-order valence-corrected chi connectivity index (χ3v) is 2.67. The molecule has 0 spiro atoms. The van der Waals surface area contributed by atoms with E-state index in [9.17, 15) is 0 Å². The molecule has 16 heavy (non-hydrogen) atoms. The second-order valence-corrected chi connectivity index (χ2v) is 4.00. The second kappa shape index (κ2) is 4.72.